The Morgan fingerprint density at radius 1 is 1.47 bits per heavy atom. The van der Waals surface area contributed by atoms with Crippen LogP contribution in [0.15, 0.2) is 18.2 Å². The van der Waals surface area contributed by atoms with Crippen molar-refractivity contribution in [3.05, 3.63) is 34.1 Å². The van der Waals surface area contributed by atoms with Crippen molar-refractivity contribution in [3.63, 3.8) is 0 Å². The average molecular weight is 241 g/mol. The maximum atomic E-state index is 13.5. The quantitative estimate of drug-likeness (QED) is 0.649. The molecule has 0 radical (unpaired) electrons. The van der Waals surface area contributed by atoms with Gasteiger partial charge in [-0.1, -0.05) is 6.07 Å². The maximum Gasteiger partial charge on any atom is 0.314 e. The number of hydrogen-bond acceptors (Lipinski definition) is 4. The molecule has 1 saturated carbocycles. The minimum absolute atomic E-state index is 0.386. The highest BCUT2D eigenvalue weighted by Crippen LogP contribution is 2.33. The number of aliphatic hydroxyl groups is 1. The summed E-state index contributed by atoms with van der Waals surface area (Å²) >= 11 is 0. The van der Waals surface area contributed by atoms with Crippen LogP contribution in [0.4, 0.5) is 10.1 Å². The van der Waals surface area contributed by atoms with Gasteiger partial charge in [-0.2, -0.15) is 0 Å². The summed E-state index contributed by atoms with van der Waals surface area (Å²) in [7, 11) is 0. The SMILES string of the molecule is O=[N+]([O-])c1cccc(F)c1O[C@@H]1CCC[C@H]1O. The number of halogens is 1. The van der Waals surface area contributed by atoms with E-state index >= 15 is 0 Å². The zero-order valence-electron chi connectivity index (χ0n) is 9.01. The molecule has 0 aliphatic heterocycles. The van der Waals surface area contributed by atoms with Crippen molar-refractivity contribution in [2.24, 2.45) is 0 Å². The number of para-hydroxylation sites is 1. The summed E-state index contributed by atoms with van der Waals surface area (Å²) in [6, 6.07) is 3.54. The fourth-order valence-electron chi connectivity index (χ4n) is 1.95. The number of nitro groups is 1. The molecule has 1 N–H and O–H groups in total. The van der Waals surface area contributed by atoms with E-state index in [0.717, 1.165) is 12.5 Å². The number of hydrogen-bond donors (Lipinski definition) is 1. The van der Waals surface area contributed by atoms with Crippen molar-refractivity contribution in [3.8, 4) is 5.75 Å². The van der Waals surface area contributed by atoms with Gasteiger partial charge < -0.3 is 9.84 Å². The number of rotatable bonds is 3. The van der Waals surface area contributed by atoms with Crippen LogP contribution in [0.2, 0.25) is 0 Å². The number of nitrogens with zero attached hydrogens (tertiary/aromatic N) is 1. The van der Waals surface area contributed by atoms with Gasteiger partial charge in [0.2, 0.25) is 5.75 Å². The van der Waals surface area contributed by atoms with Gasteiger partial charge in [-0.05, 0) is 25.3 Å². The van der Waals surface area contributed by atoms with Crippen LogP contribution >= 0.6 is 0 Å². The standard InChI is InChI=1S/C11H12FNO4/c12-7-3-1-4-8(13(15)16)11(7)17-10-6-2-5-9(10)14/h1,3-4,9-10,14H,2,5-6H2/t9-,10-/m1/s1. The first-order chi connectivity index (χ1) is 8.09. The molecule has 0 unspecified atom stereocenters. The molecule has 1 aliphatic carbocycles. The maximum absolute atomic E-state index is 13.5. The van der Waals surface area contributed by atoms with E-state index in [1.165, 1.54) is 12.1 Å². The molecular formula is C11H12FNO4. The topological polar surface area (TPSA) is 72.6 Å². The normalized spacial score (nSPS) is 23.6. The third kappa shape index (κ3) is 2.36. The predicted octanol–water partition coefficient (Wildman–Crippen LogP) is 2.03. The number of aliphatic hydroxyl groups excluding tert-OH is 1. The first kappa shape index (κ1) is 11.8. The minimum atomic E-state index is -0.779. The first-order valence-corrected chi connectivity index (χ1v) is 5.37. The molecule has 5 nitrogen and oxygen atoms in total. The predicted molar refractivity (Wildman–Crippen MR) is 57.3 cm³/mol. The van der Waals surface area contributed by atoms with Gasteiger partial charge in [0.25, 0.3) is 0 Å². The van der Waals surface area contributed by atoms with Gasteiger partial charge in [0, 0.05) is 6.07 Å². The molecule has 1 aromatic rings. The van der Waals surface area contributed by atoms with Crippen molar-refractivity contribution in [1.29, 1.82) is 0 Å². The monoisotopic (exact) mass is 241 g/mol. The molecule has 1 fully saturated rings. The lowest BCUT2D eigenvalue weighted by molar-refractivity contribution is -0.386. The van der Waals surface area contributed by atoms with Gasteiger partial charge in [0.1, 0.15) is 6.10 Å². The minimum Gasteiger partial charge on any atom is -0.479 e. The molecule has 6 heteroatoms. The first-order valence-electron chi connectivity index (χ1n) is 5.37. The molecule has 0 spiro atoms. The van der Waals surface area contributed by atoms with E-state index in [1.807, 2.05) is 0 Å². The molecule has 1 aliphatic rings. The van der Waals surface area contributed by atoms with Crippen LogP contribution in [-0.2, 0) is 0 Å². The lowest BCUT2D eigenvalue weighted by Crippen LogP contribution is -2.26. The van der Waals surface area contributed by atoms with Crippen LogP contribution in [0.1, 0.15) is 19.3 Å². The molecule has 0 saturated heterocycles. The summed E-state index contributed by atoms with van der Waals surface area (Å²) in [5, 5.41) is 20.3. The lowest BCUT2D eigenvalue weighted by Gasteiger charge is -2.17. The average Bonchev–Trinajstić information content (AvgIpc) is 2.67. The van der Waals surface area contributed by atoms with E-state index in [-0.39, 0.29) is 5.75 Å². The van der Waals surface area contributed by atoms with Crippen LogP contribution in [0, 0.1) is 15.9 Å². The second-order valence-corrected chi connectivity index (χ2v) is 4.00. The second kappa shape index (κ2) is 4.67. The fourth-order valence-corrected chi connectivity index (χ4v) is 1.95. The Bertz CT molecular complexity index is 437. The highest BCUT2D eigenvalue weighted by Gasteiger charge is 2.30. The zero-order valence-corrected chi connectivity index (χ0v) is 9.01. The van der Waals surface area contributed by atoms with Crippen LogP contribution in [0.5, 0.6) is 5.75 Å². The van der Waals surface area contributed by atoms with Crippen LogP contribution in [-0.4, -0.2) is 22.2 Å². The summed E-state index contributed by atoms with van der Waals surface area (Å²) in [4.78, 5) is 10.0. The molecule has 0 amide bonds. The van der Waals surface area contributed by atoms with Gasteiger partial charge in [-0.3, -0.25) is 10.1 Å². The molecule has 0 aromatic heterocycles. The van der Waals surface area contributed by atoms with Crippen molar-refractivity contribution in [1.82, 2.24) is 0 Å². The lowest BCUT2D eigenvalue weighted by atomic mass is 10.2. The summed E-state index contributed by atoms with van der Waals surface area (Å²) in [6.07, 6.45) is 0.674. The smallest absolute Gasteiger partial charge is 0.314 e. The Kier molecular flexibility index (Phi) is 3.23. The summed E-state index contributed by atoms with van der Waals surface area (Å²) < 4.78 is 18.7. The van der Waals surface area contributed by atoms with Crippen LogP contribution in [0.25, 0.3) is 0 Å². The van der Waals surface area contributed by atoms with Gasteiger partial charge in [-0.15, -0.1) is 0 Å². The van der Waals surface area contributed by atoms with E-state index in [2.05, 4.69) is 0 Å². The largest absolute Gasteiger partial charge is 0.479 e. The van der Waals surface area contributed by atoms with Crippen molar-refractivity contribution in [2.75, 3.05) is 0 Å². The van der Waals surface area contributed by atoms with E-state index in [4.69, 9.17) is 4.74 Å². The Hall–Kier alpha value is -1.69. The number of benzene rings is 1. The molecule has 92 valence electrons. The summed E-state index contributed by atoms with van der Waals surface area (Å²) in [5.41, 5.74) is -0.413. The van der Waals surface area contributed by atoms with Gasteiger partial charge in [0.05, 0.1) is 11.0 Å². The highest BCUT2D eigenvalue weighted by atomic mass is 19.1. The Labute approximate surface area is 97.0 Å². The van der Waals surface area contributed by atoms with Crippen LogP contribution < -0.4 is 4.74 Å². The highest BCUT2D eigenvalue weighted by molar-refractivity contribution is 5.47. The zero-order chi connectivity index (χ0) is 12.4. The van der Waals surface area contributed by atoms with E-state index in [0.29, 0.717) is 12.8 Å². The van der Waals surface area contributed by atoms with Crippen molar-refractivity contribution in [2.45, 2.75) is 31.5 Å². The van der Waals surface area contributed by atoms with Crippen LogP contribution in [0.3, 0.4) is 0 Å². The molecular weight excluding hydrogens is 229 g/mol. The van der Waals surface area contributed by atoms with E-state index < -0.39 is 28.6 Å². The fraction of sp³-hybridized carbons (Fsp3) is 0.455. The molecule has 1 aromatic carbocycles. The Balaban J connectivity index is 2.27. The second-order valence-electron chi connectivity index (χ2n) is 4.00. The van der Waals surface area contributed by atoms with Crippen molar-refractivity contribution < 1.29 is 19.2 Å². The number of nitro benzene ring substituents is 1. The van der Waals surface area contributed by atoms with E-state index in [1.54, 1.807) is 0 Å². The third-order valence-corrected chi connectivity index (χ3v) is 2.83. The summed E-state index contributed by atoms with van der Waals surface area (Å²) in [6.45, 7) is 0. The van der Waals surface area contributed by atoms with Crippen molar-refractivity contribution >= 4 is 5.69 Å². The molecule has 2 atom stereocenters. The van der Waals surface area contributed by atoms with Gasteiger partial charge >= 0.3 is 5.69 Å². The van der Waals surface area contributed by atoms with Gasteiger partial charge in [-0.25, -0.2) is 4.39 Å². The summed E-state index contributed by atoms with van der Waals surface area (Å²) in [5.74, 6) is -1.17. The molecule has 0 heterocycles. The molecule has 2 rings (SSSR count). The van der Waals surface area contributed by atoms with Gasteiger partial charge in [0.15, 0.2) is 5.82 Å². The Morgan fingerprint density at radius 2 is 2.24 bits per heavy atom. The third-order valence-electron chi connectivity index (χ3n) is 2.83. The molecule has 17 heavy (non-hydrogen) atoms. The number of ether oxygens (including phenoxy) is 1. The molecule has 0 bridgehead atoms. The van der Waals surface area contributed by atoms with E-state index in [9.17, 15) is 19.6 Å². The Morgan fingerprint density at radius 3 is 2.82 bits per heavy atom.